The Morgan fingerprint density at radius 3 is 2.13 bits per heavy atom. The standard InChI is InChI=1S/C24H39NO5/c1-4-6-8-10-14-20(15-13-18-28-3)30-24(27)22-17-12-16-21(25-22)23(26)29-19-11-9-7-5-2/h12,16-17,20H,4-11,13-15,18-19H2,1-3H3. The minimum absolute atomic E-state index is 0.138. The van der Waals surface area contributed by atoms with Crippen molar-refractivity contribution in [1.29, 1.82) is 0 Å². The Hall–Kier alpha value is -1.95. The molecular weight excluding hydrogens is 382 g/mol. The molecule has 0 saturated heterocycles. The summed E-state index contributed by atoms with van der Waals surface area (Å²) in [6.07, 6.45) is 10.9. The maximum Gasteiger partial charge on any atom is 0.357 e. The Kier molecular flexibility index (Phi) is 14.6. The normalized spacial score (nSPS) is 11.8. The molecule has 0 aliphatic heterocycles. The molecule has 1 heterocycles. The quantitative estimate of drug-likeness (QED) is 0.236. The third-order valence-corrected chi connectivity index (χ3v) is 4.93. The van der Waals surface area contributed by atoms with E-state index in [-0.39, 0.29) is 17.5 Å². The van der Waals surface area contributed by atoms with Gasteiger partial charge in [0.25, 0.3) is 0 Å². The summed E-state index contributed by atoms with van der Waals surface area (Å²) in [5.41, 5.74) is 0.277. The van der Waals surface area contributed by atoms with E-state index in [1.54, 1.807) is 25.3 Å². The number of aromatic nitrogens is 1. The SMILES string of the molecule is CCCCCCOC(=O)c1cccc(C(=O)OC(CCCCCC)CCCOC)n1. The number of ether oxygens (including phenoxy) is 3. The second-order valence-electron chi connectivity index (χ2n) is 7.62. The molecule has 0 fully saturated rings. The molecule has 1 rings (SSSR count). The van der Waals surface area contributed by atoms with Gasteiger partial charge in [-0.3, -0.25) is 0 Å². The molecule has 1 aromatic heterocycles. The summed E-state index contributed by atoms with van der Waals surface area (Å²) in [7, 11) is 1.67. The minimum Gasteiger partial charge on any atom is -0.461 e. The lowest BCUT2D eigenvalue weighted by atomic mass is 10.1. The minimum atomic E-state index is -0.502. The molecule has 0 aliphatic rings. The van der Waals surface area contributed by atoms with Crippen molar-refractivity contribution in [3.05, 3.63) is 29.6 Å². The lowest BCUT2D eigenvalue weighted by molar-refractivity contribution is 0.0225. The van der Waals surface area contributed by atoms with Crippen molar-refractivity contribution in [2.75, 3.05) is 20.3 Å². The number of carbonyl (C=O) groups excluding carboxylic acids is 2. The molecular formula is C24H39NO5. The van der Waals surface area contributed by atoms with Crippen LogP contribution in [0.3, 0.4) is 0 Å². The summed E-state index contributed by atoms with van der Waals surface area (Å²) in [6, 6.07) is 4.77. The predicted octanol–water partition coefficient (Wildman–Crippen LogP) is 5.74. The van der Waals surface area contributed by atoms with E-state index in [4.69, 9.17) is 14.2 Å². The fraction of sp³-hybridized carbons (Fsp3) is 0.708. The molecule has 1 atom stereocenters. The number of carbonyl (C=O) groups is 2. The Morgan fingerprint density at radius 2 is 1.47 bits per heavy atom. The zero-order chi connectivity index (χ0) is 22.0. The highest BCUT2D eigenvalue weighted by atomic mass is 16.5. The molecule has 6 heteroatoms. The summed E-state index contributed by atoms with van der Waals surface area (Å²) < 4.78 is 16.1. The molecule has 0 N–H and O–H groups in total. The smallest absolute Gasteiger partial charge is 0.357 e. The van der Waals surface area contributed by atoms with Crippen LogP contribution in [-0.4, -0.2) is 43.4 Å². The Balaban J connectivity index is 2.61. The number of pyridine rings is 1. The van der Waals surface area contributed by atoms with Crippen LogP contribution >= 0.6 is 0 Å². The third kappa shape index (κ3) is 11.3. The monoisotopic (exact) mass is 421 g/mol. The van der Waals surface area contributed by atoms with Gasteiger partial charge in [0.15, 0.2) is 0 Å². The Labute approximate surface area is 181 Å². The van der Waals surface area contributed by atoms with Crippen LogP contribution in [0.5, 0.6) is 0 Å². The highest BCUT2D eigenvalue weighted by Crippen LogP contribution is 2.15. The number of esters is 2. The van der Waals surface area contributed by atoms with Crippen LogP contribution in [0.1, 0.15) is 105 Å². The fourth-order valence-corrected chi connectivity index (χ4v) is 3.16. The van der Waals surface area contributed by atoms with Gasteiger partial charge in [-0.2, -0.15) is 0 Å². The lowest BCUT2D eigenvalue weighted by Gasteiger charge is -2.18. The summed E-state index contributed by atoms with van der Waals surface area (Å²) >= 11 is 0. The molecule has 0 bridgehead atoms. The molecule has 0 saturated carbocycles. The van der Waals surface area contributed by atoms with E-state index in [1.807, 2.05) is 0 Å². The molecule has 30 heavy (non-hydrogen) atoms. The van der Waals surface area contributed by atoms with Crippen molar-refractivity contribution >= 4 is 11.9 Å². The molecule has 0 amide bonds. The van der Waals surface area contributed by atoms with Crippen LogP contribution in [-0.2, 0) is 14.2 Å². The summed E-state index contributed by atoms with van der Waals surface area (Å²) in [5, 5.41) is 0. The van der Waals surface area contributed by atoms with Gasteiger partial charge in [0.1, 0.15) is 17.5 Å². The van der Waals surface area contributed by atoms with E-state index in [0.717, 1.165) is 57.8 Å². The van der Waals surface area contributed by atoms with Crippen LogP contribution in [0.2, 0.25) is 0 Å². The zero-order valence-electron chi connectivity index (χ0n) is 19.0. The first kappa shape index (κ1) is 26.1. The average molecular weight is 422 g/mol. The van der Waals surface area contributed by atoms with Crippen LogP contribution in [0, 0.1) is 0 Å². The molecule has 0 aliphatic carbocycles. The van der Waals surface area contributed by atoms with Crippen molar-refractivity contribution in [1.82, 2.24) is 4.98 Å². The first-order valence-electron chi connectivity index (χ1n) is 11.5. The largest absolute Gasteiger partial charge is 0.461 e. The Bertz CT molecular complexity index is 605. The fourth-order valence-electron chi connectivity index (χ4n) is 3.16. The number of unbranched alkanes of at least 4 members (excludes halogenated alkanes) is 6. The van der Waals surface area contributed by atoms with Crippen molar-refractivity contribution in [3.8, 4) is 0 Å². The second-order valence-corrected chi connectivity index (χ2v) is 7.62. The Morgan fingerprint density at radius 1 is 0.833 bits per heavy atom. The molecule has 170 valence electrons. The van der Waals surface area contributed by atoms with Gasteiger partial charge in [-0.1, -0.05) is 58.4 Å². The molecule has 1 unspecified atom stereocenters. The highest BCUT2D eigenvalue weighted by Gasteiger charge is 2.19. The van der Waals surface area contributed by atoms with Crippen molar-refractivity contribution < 1.29 is 23.8 Å². The molecule has 0 aromatic carbocycles. The summed E-state index contributed by atoms with van der Waals surface area (Å²) in [5.74, 6) is -0.997. The number of rotatable bonds is 17. The summed E-state index contributed by atoms with van der Waals surface area (Å²) in [6.45, 7) is 5.31. The van der Waals surface area contributed by atoms with Gasteiger partial charge in [0, 0.05) is 13.7 Å². The predicted molar refractivity (Wildman–Crippen MR) is 118 cm³/mol. The van der Waals surface area contributed by atoms with Crippen molar-refractivity contribution in [3.63, 3.8) is 0 Å². The average Bonchev–Trinajstić information content (AvgIpc) is 2.76. The van der Waals surface area contributed by atoms with Crippen LogP contribution in [0.4, 0.5) is 0 Å². The third-order valence-electron chi connectivity index (χ3n) is 4.93. The van der Waals surface area contributed by atoms with Gasteiger partial charge in [0.2, 0.25) is 0 Å². The maximum atomic E-state index is 12.6. The first-order valence-corrected chi connectivity index (χ1v) is 11.5. The van der Waals surface area contributed by atoms with Gasteiger partial charge in [-0.25, -0.2) is 14.6 Å². The number of methoxy groups -OCH3 is 1. The van der Waals surface area contributed by atoms with E-state index >= 15 is 0 Å². The first-order chi connectivity index (χ1) is 14.6. The van der Waals surface area contributed by atoms with E-state index < -0.39 is 11.9 Å². The van der Waals surface area contributed by atoms with Crippen molar-refractivity contribution in [2.45, 2.75) is 90.6 Å². The van der Waals surface area contributed by atoms with Crippen LogP contribution in [0.15, 0.2) is 18.2 Å². The van der Waals surface area contributed by atoms with Gasteiger partial charge < -0.3 is 14.2 Å². The van der Waals surface area contributed by atoms with Gasteiger partial charge >= 0.3 is 11.9 Å². The molecule has 0 spiro atoms. The van der Waals surface area contributed by atoms with Gasteiger partial charge in [0.05, 0.1) is 6.61 Å². The van der Waals surface area contributed by atoms with Gasteiger partial charge in [-0.05, 0) is 44.2 Å². The highest BCUT2D eigenvalue weighted by molar-refractivity contribution is 5.91. The topological polar surface area (TPSA) is 74.7 Å². The van der Waals surface area contributed by atoms with E-state index in [9.17, 15) is 9.59 Å². The molecule has 0 radical (unpaired) electrons. The molecule has 1 aromatic rings. The summed E-state index contributed by atoms with van der Waals surface area (Å²) in [4.78, 5) is 29.0. The van der Waals surface area contributed by atoms with E-state index in [2.05, 4.69) is 18.8 Å². The number of hydrogen-bond acceptors (Lipinski definition) is 6. The maximum absolute atomic E-state index is 12.6. The number of hydrogen-bond donors (Lipinski definition) is 0. The van der Waals surface area contributed by atoms with Crippen molar-refractivity contribution in [2.24, 2.45) is 0 Å². The van der Waals surface area contributed by atoms with Gasteiger partial charge in [-0.15, -0.1) is 0 Å². The molecule has 6 nitrogen and oxygen atoms in total. The lowest BCUT2D eigenvalue weighted by Crippen LogP contribution is -2.21. The second kappa shape index (κ2) is 16.8. The zero-order valence-corrected chi connectivity index (χ0v) is 19.0. The van der Waals surface area contributed by atoms with E-state index in [0.29, 0.717) is 13.2 Å². The van der Waals surface area contributed by atoms with Crippen LogP contribution in [0.25, 0.3) is 0 Å². The number of nitrogens with zero attached hydrogens (tertiary/aromatic N) is 1. The van der Waals surface area contributed by atoms with Crippen LogP contribution < -0.4 is 0 Å². The van der Waals surface area contributed by atoms with E-state index in [1.165, 1.54) is 12.8 Å².